The third kappa shape index (κ3) is 4.14. The SMILES string of the molecule is O=C(NCc1cc(Br)ccc1OC(F)F)C1CCNC1. The van der Waals surface area contributed by atoms with Crippen molar-refractivity contribution < 1.29 is 18.3 Å². The molecule has 1 fully saturated rings. The van der Waals surface area contributed by atoms with Gasteiger partial charge in [0, 0.05) is 23.1 Å². The molecular formula is C13H15BrF2N2O2. The molecule has 1 aromatic carbocycles. The van der Waals surface area contributed by atoms with Crippen molar-refractivity contribution in [2.75, 3.05) is 13.1 Å². The van der Waals surface area contributed by atoms with Crippen LogP contribution in [0.5, 0.6) is 5.75 Å². The van der Waals surface area contributed by atoms with E-state index in [0.717, 1.165) is 17.4 Å². The molecule has 0 aliphatic carbocycles. The van der Waals surface area contributed by atoms with E-state index in [1.165, 1.54) is 6.07 Å². The van der Waals surface area contributed by atoms with Gasteiger partial charge in [0.1, 0.15) is 5.75 Å². The predicted octanol–water partition coefficient (Wildman–Crippen LogP) is 2.28. The predicted molar refractivity (Wildman–Crippen MR) is 73.6 cm³/mol. The lowest BCUT2D eigenvalue weighted by molar-refractivity contribution is -0.124. The van der Waals surface area contributed by atoms with E-state index in [2.05, 4.69) is 31.3 Å². The quantitative estimate of drug-likeness (QED) is 0.858. The van der Waals surface area contributed by atoms with E-state index >= 15 is 0 Å². The van der Waals surface area contributed by atoms with Gasteiger partial charge in [-0.15, -0.1) is 0 Å². The van der Waals surface area contributed by atoms with Gasteiger partial charge in [0.05, 0.1) is 5.92 Å². The molecule has 1 aliphatic rings. The lowest BCUT2D eigenvalue weighted by atomic mass is 10.1. The summed E-state index contributed by atoms with van der Waals surface area (Å²) in [5.74, 6) is -0.0485. The summed E-state index contributed by atoms with van der Waals surface area (Å²) in [6.45, 7) is -1.24. The summed E-state index contributed by atoms with van der Waals surface area (Å²) in [5, 5.41) is 5.86. The van der Waals surface area contributed by atoms with Gasteiger partial charge in [0.25, 0.3) is 0 Å². The Morgan fingerprint density at radius 1 is 1.55 bits per heavy atom. The van der Waals surface area contributed by atoms with E-state index in [4.69, 9.17) is 0 Å². The first-order chi connectivity index (χ1) is 9.56. The highest BCUT2D eigenvalue weighted by molar-refractivity contribution is 9.10. The first-order valence-corrected chi connectivity index (χ1v) is 7.07. The van der Waals surface area contributed by atoms with Crippen molar-refractivity contribution in [3.63, 3.8) is 0 Å². The number of ether oxygens (including phenoxy) is 1. The van der Waals surface area contributed by atoms with Crippen LogP contribution in [0.1, 0.15) is 12.0 Å². The zero-order chi connectivity index (χ0) is 14.5. The van der Waals surface area contributed by atoms with Crippen molar-refractivity contribution in [2.45, 2.75) is 19.6 Å². The summed E-state index contributed by atoms with van der Waals surface area (Å²) in [5.41, 5.74) is 0.513. The van der Waals surface area contributed by atoms with Crippen LogP contribution in [0.2, 0.25) is 0 Å². The van der Waals surface area contributed by atoms with Gasteiger partial charge in [-0.3, -0.25) is 4.79 Å². The normalized spacial score (nSPS) is 18.3. The van der Waals surface area contributed by atoms with E-state index in [-0.39, 0.29) is 24.1 Å². The lowest BCUT2D eigenvalue weighted by Crippen LogP contribution is -2.31. The molecular weight excluding hydrogens is 334 g/mol. The van der Waals surface area contributed by atoms with Crippen LogP contribution in [-0.4, -0.2) is 25.6 Å². The van der Waals surface area contributed by atoms with Crippen molar-refractivity contribution in [1.82, 2.24) is 10.6 Å². The highest BCUT2D eigenvalue weighted by atomic mass is 79.9. The van der Waals surface area contributed by atoms with Crippen LogP contribution in [0, 0.1) is 5.92 Å². The monoisotopic (exact) mass is 348 g/mol. The Labute approximate surface area is 124 Å². The molecule has 0 spiro atoms. The molecule has 1 aliphatic heterocycles. The van der Waals surface area contributed by atoms with Gasteiger partial charge in [-0.1, -0.05) is 15.9 Å². The minimum atomic E-state index is -2.88. The number of amides is 1. The van der Waals surface area contributed by atoms with Crippen molar-refractivity contribution in [1.29, 1.82) is 0 Å². The van der Waals surface area contributed by atoms with Crippen LogP contribution in [-0.2, 0) is 11.3 Å². The van der Waals surface area contributed by atoms with Gasteiger partial charge in [0.15, 0.2) is 0 Å². The number of rotatable bonds is 5. The summed E-state index contributed by atoms with van der Waals surface area (Å²) in [7, 11) is 0. The molecule has 1 heterocycles. The maximum atomic E-state index is 12.3. The molecule has 2 rings (SSSR count). The Morgan fingerprint density at radius 3 is 3.00 bits per heavy atom. The maximum Gasteiger partial charge on any atom is 0.387 e. The summed E-state index contributed by atoms with van der Waals surface area (Å²) >= 11 is 3.27. The number of alkyl halides is 2. The Kier molecular flexibility index (Phi) is 5.31. The van der Waals surface area contributed by atoms with Gasteiger partial charge in [-0.25, -0.2) is 0 Å². The minimum absolute atomic E-state index is 0.0541. The highest BCUT2D eigenvalue weighted by Crippen LogP contribution is 2.24. The standard InChI is InChI=1S/C13H15BrF2N2O2/c14-10-1-2-11(20-13(15)16)9(5-10)7-18-12(19)8-3-4-17-6-8/h1-2,5,8,13,17H,3-4,6-7H2,(H,18,19). The van der Waals surface area contributed by atoms with E-state index in [1.54, 1.807) is 12.1 Å². The Balaban J connectivity index is 2.00. The molecule has 1 atom stereocenters. The van der Waals surface area contributed by atoms with Crippen LogP contribution in [0.3, 0.4) is 0 Å². The third-order valence-corrected chi connectivity index (χ3v) is 3.62. The van der Waals surface area contributed by atoms with Gasteiger partial charge < -0.3 is 15.4 Å². The van der Waals surface area contributed by atoms with Crippen molar-refractivity contribution >= 4 is 21.8 Å². The largest absolute Gasteiger partial charge is 0.434 e. The van der Waals surface area contributed by atoms with Gasteiger partial charge in [-0.05, 0) is 31.2 Å². The number of nitrogens with one attached hydrogen (secondary N) is 2. The molecule has 1 amide bonds. The molecule has 4 nitrogen and oxygen atoms in total. The van der Waals surface area contributed by atoms with Gasteiger partial charge in [0.2, 0.25) is 5.91 Å². The van der Waals surface area contributed by atoms with Crippen LogP contribution in [0.4, 0.5) is 8.78 Å². The van der Waals surface area contributed by atoms with Crippen LogP contribution >= 0.6 is 15.9 Å². The Hall–Kier alpha value is -1.21. The number of hydrogen-bond donors (Lipinski definition) is 2. The molecule has 7 heteroatoms. The number of benzene rings is 1. The van der Waals surface area contributed by atoms with E-state index in [0.29, 0.717) is 12.1 Å². The van der Waals surface area contributed by atoms with Crippen molar-refractivity contribution in [3.8, 4) is 5.75 Å². The summed E-state index contributed by atoms with van der Waals surface area (Å²) in [6.07, 6.45) is 0.796. The fourth-order valence-corrected chi connectivity index (χ4v) is 2.51. The third-order valence-electron chi connectivity index (χ3n) is 3.12. The molecule has 0 bridgehead atoms. The fraction of sp³-hybridized carbons (Fsp3) is 0.462. The van der Waals surface area contributed by atoms with E-state index < -0.39 is 6.61 Å². The smallest absolute Gasteiger partial charge is 0.387 e. The molecule has 0 aromatic heterocycles. The van der Waals surface area contributed by atoms with E-state index in [1.807, 2.05) is 0 Å². The van der Waals surface area contributed by atoms with Crippen molar-refractivity contribution in [2.24, 2.45) is 5.92 Å². The average Bonchev–Trinajstić information content (AvgIpc) is 2.92. The molecule has 2 N–H and O–H groups in total. The second kappa shape index (κ2) is 6.99. The Morgan fingerprint density at radius 2 is 2.35 bits per heavy atom. The highest BCUT2D eigenvalue weighted by Gasteiger charge is 2.22. The average molecular weight is 349 g/mol. The number of carbonyl (C=O) groups is 1. The summed E-state index contributed by atoms with van der Waals surface area (Å²) < 4.78 is 29.8. The van der Waals surface area contributed by atoms with Crippen LogP contribution < -0.4 is 15.4 Å². The molecule has 0 saturated carbocycles. The van der Waals surface area contributed by atoms with Crippen LogP contribution in [0.25, 0.3) is 0 Å². The summed E-state index contributed by atoms with van der Waals surface area (Å²) in [6, 6.07) is 4.73. The topological polar surface area (TPSA) is 50.4 Å². The molecule has 20 heavy (non-hydrogen) atoms. The first-order valence-electron chi connectivity index (χ1n) is 6.28. The van der Waals surface area contributed by atoms with Gasteiger partial charge in [-0.2, -0.15) is 8.78 Å². The van der Waals surface area contributed by atoms with Gasteiger partial charge >= 0.3 is 6.61 Å². The van der Waals surface area contributed by atoms with Crippen molar-refractivity contribution in [3.05, 3.63) is 28.2 Å². The van der Waals surface area contributed by atoms with E-state index in [9.17, 15) is 13.6 Å². The molecule has 1 unspecified atom stereocenters. The fourth-order valence-electron chi connectivity index (χ4n) is 2.10. The lowest BCUT2D eigenvalue weighted by Gasteiger charge is -2.14. The minimum Gasteiger partial charge on any atom is -0.434 e. The molecule has 1 aromatic rings. The zero-order valence-corrected chi connectivity index (χ0v) is 12.3. The number of carbonyl (C=O) groups excluding carboxylic acids is 1. The molecule has 110 valence electrons. The maximum absolute atomic E-state index is 12.3. The molecule has 0 radical (unpaired) electrons. The molecule has 1 saturated heterocycles. The second-order valence-corrected chi connectivity index (χ2v) is 5.45. The Bertz CT molecular complexity index is 479. The zero-order valence-electron chi connectivity index (χ0n) is 10.7. The number of halogens is 3. The van der Waals surface area contributed by atoms with Crippen LogP contribution in [0.15, 0.2) is 22.7 Å². The number of hydrogen-bond acceptors (Lipinski definition) is 3. The summed E-state index contributed by atoms with van der Waals surface area (Å²) in [4.78, 5) is 11.9. The second-order valence-electron chi connectivity index (χ2n) is 4.54. The first kappa shape index (κ1) is 15.2.